The summed E-state index contributed by atoms with van der Waals surface area (Å²) >= 11 is 0. The zero-order valence-corrected chi connectivity index (χ0v) is 10.9. The van der Waals surface area contributed by atoms with Crippen molar-refractivity contribution in [2.24, 2.45) is 5.92 Å². The first kappa shape index (κ1) is 14.6. The van der Waals surface area contributed by atoms with Crippen molar-refractivity contribution in [3.63, 3.8) is 0 Å². The first-order valence-electron chi connectivity index (χ1n) is 6.53. The minimum Gasteiger partial charge on any atom is -0.380 e. The van der Waals surface area contributed by atoms with E-state index in [2.05, 4.69) is 5.32 Å². The molecular formula is C12H19F3N2O2. The van der Waals surface area contributed by atoms with Gasteiger partial charge in [0, 0.05) is 26.7 Å². The number of methoxy groups -OCH3 is 1. The highest BCUT2D eigenvalue weighted by Gasteiger charge is 2.44. The normalized spacial score (nSPS) is 32.6. The minimum atomic E-state index is -4.21. The predicted octanol–water partition coefficient (Wildman–Crippen LogP) is 1.16. The summed E-state index contributed by atoms with van der Waals surface area (Å²) in [7, 11) is 1.57. The van der Waals surface area contributed by atoms with Gasteiger partial charge in [-0.25, -0.2) is 0 Å². The highest BCUT2D eigenvalue weighted by Crippen LogP contribution is 2.33. The lowest BCUT2D eigenvalue weighted by molar-refractivity contribution is -0.188. The van der Waals surface area contributed by atoms with Crippen molar-refractivity contribution in [2.75, 3.05) is 26.7 Å². The van der Waals surface area contributed by atoms with E-state index in [0.29, 0.717) is 25.9 Å². The summed E-state index contributed by atoms with van der Waals surface area (Å²) in [5.41, 5.74) is 0. The van der Waals surface area contributed by atoms with Crippen LogP contribution in [0, 0.1) is 5.92 Å². The third-order valence-corrected chi connectivity index (χ3v) is 3.92. The number of nitrogens with one attached hydrogen (secondary N) is 1. The molecule has 1 N–H and O–H groups in total. The number of hydrogen-bond donors (Lipinski definition) is 1. The Balaban J connectivity index is 1.92. The number of ether oxygens (including phenoxy) is 1. The molecule has 2 saturated heterocycles. The summed E-state index contributed by atoms with van der Waals surface area (Å²) in [5, 5.41) is 3.01. The molecule has 2 fully saturated rings. The second-order valence-electron chi connectivity index (χ2n) is 5.22. The largest absolute Gasteiger partial charge is 0.393 e. The molecule has 0 saturated carbocycles. The van der Waals surface area contributed by atoms with Gasteiger partial charge in [0.25, 0.3) is 0 Å². The Bertz CT molecular complexity index is 335. The first-order valence-corrected chi connectivity index (χ1v) is 6.53. The molecule has 0 aromatic rings. The molecule has 2 aliphatic rings. The van der Waals surface area contributed by atoms with Crippen LogP contribution in [0.15, 0.2) is 0 Å². The minimum absolute atomic E-state index is 0.0304. The Hall–Kier alpha value is -0.820. The van der Waals surface area contributed by atoms with Crippen LogP contribution in [0.3, 0.4) is 0 Å². The number of nitrogens with zero attached hydrogens (tertiary/aromatic N) is 1. The van der Waals surface area contributed by atoms with Crippen molar-refractivity contribution in [3.8, 4) is 0 Å². The maximum atomic E-state index is 12.7. The SMILES string of the molecule is COC1CNC(C(=O)N2CCCC(C(F)(F)F)C2)C1. The molecule has 4 nitrogen and oxygen atoms in total. The molecule has 0 aromatic carbocycles. The van der Waals surface area contributed by atoms with Crippen LogP contribution in [-0.4, -0.2) is 55.9 Å². The van der Waals surface area contributed by atoms with Crippen molar-refractivity contribution >= 4 is 5.91 Å². The monoisotopic (exact) mass is 280 g/mol. The van der Waals surface area contributed by atoms with Crippen molar-refractivity contribution in [1.29, 1.82) is 0 Å². The number of halogens is 3. The Morgan fingerprint density at radius 2 is 2.16 bits per heavy atom. The van der Waals surface area contributed by atoms with Crippen LogP contribution in [-0.2, 0) is 9.53 Å². The quantitative estimate of drug-likeness (QED) is 0.825. The summed E-state index contributed by atoms with van der Waals surface area (Å²) in [6.07, 6.45) is -3.18. The summed E-state index contributed by atoms with van der Waals surface area (Å²) in [5.74, 6) is -1.61. The number of piperidine rings is 1. The summed E-state index contributed by atoms with van der Waals surface area (Å²) < 4.78 is 43.2. The van der Waals surface area contributed by atoms with Crippen LogP contribution in [0.5, 0.6) is 0 Å². The molecule has 0 aromatic heterocycles. The highest BCUT2D eigenvalue weighted by molar-refractivity contribution is 5.82. The van der Waals surface area contributed by atoms with Crippen molar-refractivity contribution in [2.45, 2.75) is 37.6 Å². The number of rotatable bonds is 2. The van der Waals surface area contributed by atoms with Crippen LogP contribution in [0.2, 0.25) is 0 Å². The summed E-state index contributed by atoms with van der Waals surface area (Å²) in [6.45, 7) is 0.781. The lowest BCUT2D eigenvalue weighted by atomic mass is 9.97. The number of carbonyl (C=O) groups is 1. The second kappa shape index (κ2) is 5.66. The van der Waals surface area contributed by atoms with Gasteiger partial charge in [0.1, 0.15) is 0 Å². The van der Waals surface area contributed by atoms with E-state index in [4.69, 9.17) is 4.74 Å². The Morgan fingerprint density at radius 3 is 2.74 bits per heavy atom. The van der Waals surface area contributed by atoms with E-state index in [-0.39, 0.29) is 25.0 Å². The average molecular weight is 280 g/mol. The molecule has 2 heterocycles. The van der Waals surface area contributed by atoms with Crippen molar-refractivity contribution < 1.29 is 22.7 Å². The van der Waals surface area contributed by atoms with Gasteiger partial charge in [-0.2, -0.15) is 13.2 Å². The van der Waals surface area contributed by atoms with Gasteiger partial charge < -0.3 is 15.0 Å². The molecule has 0 bridgehead atoms. The van der Waals surface area contributed by atoms with Crippen molar-refractivity contribution in [3.05, 3.63) is 0 Å². The molecule has 2 rings (SSSR count). The Morgan fingerprint density at radius 1 is 1.42 bits per heavy atom. The molecule has 0 aliphatic carbocycles. The lowest BCUT2D eigenvalue weighted by Gasteiger charge is -2.35. The van der Waals surface area contributed by atoms with Crippen LogP contribution in [0.1, 0.15) is 19.3 Å². The maximum Gasteiger partial charge on any atom is 0.393 e. The van der Waals surface area contributed by atoms with Gasteiger partial charge in [0.2, 0.25) is 5.91 Å². The topological polar surface area (TPSA) is 41.6 Å². The lowest BCUT2D eigenvalue weighted by Crippen LogP contribution is -2.50. The highest BCUT2D eigenvalue weighted by atomic mass is 19.4. The molecule has 7 heteroatoms. The number of hydrogen-bond acceptors (Lipinski definition) is 3. The third kappa shape index (κ3) is 3.39. The van der Waals surface area contributed by atoms with E-state index in [1.54, 1.807) is 7.11 Å². The molecule has 19 heavy (non-hydrogen) atoms. The van der Waals surface area contributed by atoms with E-state index >= 15 is 0 Å². The molecule has 1 amide bonds. The second-order valence-corrected chi connectivity index (χ2v) is 5.22. The molecule has 110 valence electrons. The van der Waals surface area contributed by atoms with Gasteiger partial charge >= 0.3 is 6.18 Å². The van der Waals surface area contributed by atoms with Crippen molar-refractivity contribution in [1.82, 2.24) is 10.2 Å². The first-order chi connectivity index (χ1) is 8.91. The van der Waals surface area contributed by atoms with Gasteiger partial charge in [-0.1, -0.05) is 0 Å². The molecule has 0 radical (unpaired) electrons. The van der Waals surface area contributed by atoms with E-state index in [9.17, 15) is 18.0 Å². The van der Waals surface area contributed by atoms with Gasteiger partial charge in [0.05, 0.1) is 18.1 Å². The zero-order valence-electron chi connectivity index (χ0n) is 10.9. The number of carbonyl (C=O) groups excluding carboxylic acids is 1. The average Bonchev–Trinajstić information content (AvgIpc) is 2.86. The van der Waals surface area contributed by atoms with Gasteiger partial charge in [0.15, 0.2) is 0 Å². The van der Waals surface area contributed by atoms with Crippen LogP contribution < -0.4 is 5.32 Å². The summed E-state index contributed by atoms with van der Waals surface area (Å²) in [4.78, 5) is 13.5. The van der Waals surface area contributed by atoms with Crippen LogP contribution in [0.25, 0.3) is 0 Å². The third-order valence-electron chi connectivity index (χ3n) is 3.92. The zero-order chi connectivity index (χ0) is 14.0. The van der Waals surface area contributed by atoms with E-state index in [1.807, 2.05) is 0 Å². The number of likely N-dealkylation sites (tertiary alicyclic amines) is 1. The number of amides is 1. The Labute approximate surface area is 110 Å². The van der Waals surface area contributed by atoms with E-state index in [1.165, 1.54) is 4.90 Å². The summed E-state index contributed by atoms with van der Waals surface area (Å²) in [6, 6.07) is -0.406. The van der Waals surface area contributed by atoms with Gasteiger partial charge in [-0.3, -0.25) is 4.79 Å². The van der Waals surface area contributed by atoms with Crippen LogP contribution in [0.4, 0.5) is 13.2 Å². The molecule has 3 atom stereocenters. The number of alkyl halides is 3. The van der Waals surface area contributed by atoms with Gasteiger partial charge in [-0.05, 0) is 19.3 Å². The fourth-order valence-electron chi connectivity index (χ4n) is 2.74. The molecule has 0 spiro atoms. The molecule has 3 unspecified atom stereocenters. The van der Waals surface area contributed by atoms with Gasteiger partial charge in [-0.15, -0.1) is 0 Å². The fraction of sp³-hybridized carbons (Fsp3) is 0.917. The fourth-order valence-corrected chi connectivity index (χ4v) is 2.74. The molecule has 2 aliphatic heterocycles. The standard InChI is InChI=1S/C12H19F3N2O2/c1-19-9-5-10(16-6-9)11(18)17-4-2-3-8(7-17)12(13,14)15/h8-10,16H,2-7H2,1H3. The van der Waals surface area contributed by atoms with E-state index in [0.717, 1.165) is 0 Å². The maximum absolute atomic E-state index is 12.7. The van der Waals surface area contributed by atoms with E-state index < -0.39 is 18.1 Å². The van der Waals surface area contributed by atoms with Crippen LogP contribution >= 0.6 is 0 Å². The molecular weight excluding hydrogens is 261 g/mol. The Kier molecular flexibility index (Phi) is 4.35. The predicted molar refractivity (Wildman–Crippen MR) is 62.6 cm³/mol. The smallest absolute Gasteiger partial charge is 0.380 e.